The number of nitrogens with two attached hydrogens (primary N) is 1. The van der Waals surface area contributed by atoms with E-state index in [0.717, 1.165) is 6.07 Å². The van der Waals surface area contributed by atoms with E-state index in [1.54, 1.807) is 0 Å². The number of carbonyl (C=O) groups is 1. The van der Waals surface area contributed by atoms with Gasteiger partial charge in [-0.1, -0.05) is 0 Å². The second-order valence-electron chi connectivity index (χ2n) is 3.24. The van der Waals surface area contributed by atoms with E-state index >= 15 is 0 Å². The van der Waals surface area contributed by atoms with Crippen LogP contribution in [0.3, 0.4) is 0 Å². The summed E-state index contributed by atoms with van der Waals surface area (Å²) in [6.07, 6.45) is -0.235. The van der Waals surface area contributed by atoms with Crippen molar-refractivity contribution in [1.82, 2.24) is 0 Å². The normalized spacial score (nSPS) is 11.3. The molecule has 88 valence electrons. The van der Waals surface area contributed by atoms with Crippen LogP contribution in [-0.2, 0) is 21.3 Å². The topological polar surface area (TPSA) is 118 Å². The Balaban J connectivity index is 3.14. The lowest BCUT2D eigenvalue weighted by atomic mass is 10.1. The Morgan fingerprint density at radius 2 is 2.00 bits per heavy atom. The molecular formula is C9H11NO5S. The summed E-state index contributed by atoms with van der Waals surface area (Å²) in [4.78, 5) is 10.1. The van der Waals surface area contributed by atoms with Crippen LogP contribution in [0.15, 0.2) is 23.1 Å². The highest BCUT2D eigenvalue weighted by Gasteiger charge is 2.15. The van der Waals surface area contributed by atoms with Gasteiger partial charge >= 0.3 is 5.97 Å². The number of carboxylic acid groups (broad SMARTS) is 1. The van der Waals surface area contributed by atoms with E-state index in [4.69, 9.17) is 15.4 Å². The second kappa shape index (κ2) is 4.50. The Hall–Kier alpha value is -1.60. The lowest BCUT2D eigenvalue weighted by molar-refractivity contribution is -0.136. The molecule has 1 aromatic carbocycles. The zero-order chi connectivity index (χ0) is 12.3. The monoisotopic (exact) mass is 245 g/mol. The summed E-state index contributed by atoms with van der Waals surface area (Å²) in [7, 11) is -4.35. The first-order valence-corrected chi connectivity index (χ1v) is 5.82. The molecule has 0 amide bonds. The SMILES string of the molecule is Nc1ccc(S(=O)(=O)O)c(CCC(=O)O)c1. The fraction of sp³-hybridized carbons (Fsp3) is 0.222. The summed E-state index contributed by atoms with van der Waals surface area (Å²) in [5.41, 5.74) is 5.97. The van der Waals surface area contributed by atoms with Gasteiger partial charge in [-0.05, 0) is 30.2 Å². The van der Waals surface area contributed by atoms with Crippen molar-refractivity contribution in [3.63, 3.8) is 0 Å². The minimum atomic E-state index is -4.35. The third-order valence-corrected chi connectivity index (χ3v) is 2.92. The van der Waals surface area contributed by atoms with Gasteiger partial charge in [-0.25, -0.2) is 0 Å². The van der Waals surface area contributed by atoms with Crippen LogP contribution in [0.25, 0.3) is 0 Å². The molecule has 0 aromatic heterocycles. The van der Waals surface area contributed by atoms with Crippen molar-refractivity contribution >= 4 is 21.8 Å². The molecule has 0 fully saturated rings. The van der Waals surface area contributed by atoms with Gasteiger partial charge in [0.15, 0.2) is 0 Å². The summed E-state index contributed by atoms with van der Waals surface area (Å²) in [6, 6.07) is 3.82. The molecule has 0 aliphatic carbocycles. The first-order valence-electron chi connectivity index (χ1n) is 4.38. The fourth-order valence-electron chi connectivity index (χ4n) is 1.29. The van der Waals surface area contributed by atoms with Crippen LogP contribution in [0.4, 0.5) is 5.69 Å². The van der Waals surface area contributed by atoms with Crippen molar-refractivity contribution in [2.45, 2.75) is 17.7 Å². The molecule has 1 rings (SSSR count). The molecule has 0 spiro atoms. The molecule has 0 unspecified atom stereocenters. The molecule has 0 bridgehead atoms. The average Bonchev–Trinajstić information content (AvgIpc) is 2.12. The molecule has 6 nitrogen and oxygen atoms in total. The van der Waals surface area contributed by atoms with Crippen molar-refractivity contribution in [1.29, 1.82) is 0 Å². The molecule has 0 aliphatic rings. The molecule has 0 saturated heterocycles. The number of benzene rings is 1. The van der Waals surface area contributed by atoms with Crippen molar-refractivity contribution < 1.29 is 22.9 Å². The molecule has 4 N–H and O–H groups in total. The maximum Gasteiger partial charge on any atom is 0.303 e. The van der Waals surface area contributed by atoms with Crippen LogP contribution in [0.1, 0.15) is 12.0 Å². The average molecular weight is 245 g/mol. The Morgan fingerprint density at radius 1 is 1.38 bits per heavy atom. The van der Waals surface area contributed by atoms with E-state index in [0.29, 0.717) is 5.69 Å². The molecule has 0 saturated carbocycles. The quantitative estimate of drug-likeness (QED) is 0.526. The smallest absolute Gasteiger partial charge is 0.303 e. The van der Waals surface area contributed by atoms with Crippen LogP contribution in [0.5, 0.6) is 0 Å². The standard InChI is InChI=1S/C9H11NO5S/c10-7-2-3-8(16(13,14)15)6(5-7)1-4-9(11)12/h2-3,5H,1,4,10H2,(H,11,12)(H,13,14,15). The van der Waals surface area contributed by atoms with Gasteiger partial charge in [0.05, 0.1) is 4.90 Å². The zero-order valence-electron chi connectivity index (χ0n) is 8.25. The highest BCUT2D eigenvalue weighted by molar-refractivity contribution is 7.85. The number of nitrogen functional groups attached to an aromatic ring is 1. The zero-order valence-corrected chi connectivity index (χ0v) is 9.07. The Bertz CT molecular complexity index is 509. The van der Waals surface area contributed by atoms with Crippen molar-refractivity contribution in [2.24, 2.45) is 0 Å². The number of hydrogen-bond donors (Lipinski definition) is 3. The molecule has 1 aromatic rings. The minimum Gasteiger partial charge on any atom is -0.481 e. The minimum absolute atomic E-state index is 0.00447. The number of hydrogen-bond acceptors (Lipinski definition) is 4. The molecule has 7 heteroatoms. The maximum atomic E-state index is 11.0. The highest BCUT2D eigenvalue weighted by Crippen LogP contribution is 2.20. The van der Waals surface area contributed by atoms with E-state index < -0.39 is 16.1 Å². The Morgan fingerprint density at radius 3 is 2.50 bits per heavy atom. The van der Waals surface area contributed by atoms with E-state index in [2.05, 4.69) is 0 Å². The summed E-state index contributed by atoms with van der Waals surface area (Å²) in [5, 5.41) is 8.49. The number of anilines is 1. The van der Waals surface area contributed by atoms with Gasteiger partial charge in [0.25, 0.3) is 10.1 Å². The van der Waals surface area contributed by atoms with Gasteiger partial charge in [0, 0.05) is 12.1 Å². The molecule has 0 atom stereocenters. The lowest BCUT2D eigenvalue weighted by Crippen LogP contribution is -2.06. The summed E-state index contributed by atoms with van der Waals surface area (Å²) in [6.45, 7) is 0. The van der Waals surface area contributed by atoms with Gasteiger partial charge in [-0.15, -0.1) is 0 Å². The van der Waals surface area contributed by atoms with E-state index in [9.17, 15) is 13.2 Å². The van der Waals surface area contributed by atoms with Gasteiger partial charge in [0.1, 0.15) is 0 Å². The van der Waals surface area contributed by atoms with Crippen LogP contribution >= 0.6 is 0 Å². The van der Waals surface area contributed by atoms with Gasteiger partial charge < -0.3 is 10.8 Å². The first-order chi connectivity index (χ1) is 7.30. The van der Waals surface area contributed by atoms with Crippen LogP contribution in [-0.4, -0.2) is 24.0 Å². The fourth-order valence-corrected chi connectivity index (χ4v) is 2.02. The second-order valence-corrected chi connectivity index (χ2v) is 4.63. The van der Waals surface area contributed by atoms with Crippen LogP contribution in [0.2, 0.25) is 0 Å². The summed E-state index contributed by atoms with van der Waals surface area (Å²) < 4.78 is 30.9. The van der Waals surface area contributed by atoms with E-state index in [1.807, 2.05) is 0 Å². The Kier molecular flexibility index (Phi) is 3.51. The lowest BCUT2D eigenvalue weighted by Gasteiger charge is -2.06. The number of carboxylic acids is 1. The molecule has 0 heterocycles. The van der Waals surface area contributed by atoms with Crippen molar-refractivity contribution in [3.05, 3.63) is 23.8 Å². The van der Waals surface area contributed by atoms with Crippen molar-refractivity contribution in [3.8, 4) is 0 Å². The first kappa shape index (κ1) is 12.5. The van der Waals surface area contributed by atoms with E-state index in [1.165, 1.54) is 12.1 Å². The third kappa shape index (κ3) is 3.21. The largest absolute Gasteiger partial charge is 0.481 e. The van der Waals surface area contributed by atoms with Crippen molar-refractivity contribution in [2.75, 3.05) is 5.73 Å². The van der Waals surface area contributed by atoms with Gasteiger partial charge in [-0.2, -0.15) is 8.42 Å². The molecule has 0 radical (unpaired) electrons. The molecule has 0 aliphatic heterocycles. The molecule has 16 heavy (non-hydrogen) atoms. The Labute approximate surface area is 92.5 Å². The summed E-state index contributed by atoms with van der Waals surface area (Å²) >= 11 is 0. The third-order valence-electron chi connectivity index (χ3n) is 1.97. The highest BCUT2D eigenvalue weighted by atomic mass is 32.2. The predicted octanol–water partition coefficient (Wildman–Crippen LogP) is 0.533. The number of aliphatic carboxylic acids is 1. The van der Waals surface area contributed by atoms with Crippen LogP contribution in [0, 0.1) is 0 Å². The van der Waals surface area contributed by atoms with E-state index in [-0.39, 0.29) is 23.3 Å². The number of aryl methyl sites for hydroxylation is 1. The summed E-state index contributed by atoms with van der Waals surface area (Å²) in [5.74, 6) is -1.05. The predicted molar refractivity (Wildman–Crippen MR) is 56.6 cm³/mol. The maximum absolute atomic E-state index is 11.0. The molecular weight excluding hydrogens is 234 g/mol. The van der Waals surface area contributed by atoms with Gasteiger partial charge in [0.2, 0.25) is 0 Å². The number of rotatable bonds is 4. The van der Waals surface area contributed by atoms with Crippen LogP contribution < -0.4 is 5.73 Å². The van der Waals surface area contributed by atoms with Gasteiger partial charge in [-0.3, -0.25) is 9.35 Å².